The molecule has 8 nitrogen and oxygen atoms in total. The van der Waals surface area contributed by atoms with Crippen molar-refractivity contribution in [2.24, 2.45) is 5.73 Å². The highest BCUT2D eigenvalue weighted by molar-refractivity contribution is 7.19. The van der Waals surface area contributed by atoms with E-state index in [0.29, 0.717) is 18.1 Å². The first-order valence-electron chi connectivity index (χ1n) is 17.1. The van der Waals surface area contributed by atoms with E-state index in [9.17, 15) is 0 Å². The number of aromatic nitrogens is 4. The molecule has 0 spiro atoms. The van der Waals surface area contributed by atoms with Crippen molar-refractivity contribution in [2.45, 2.75) is 128 Å². The zero-order valence-electron chi connectivity index (χ0n) is 26.4. The lowest BCUT2D eigenvalue weighted by atomic mass is 9.90. The molecule has 4 aliphatic carbocycles. The average molecular weight is 633 g/mol. The number of rotatable bonds is 7. The van der Waals surface area contributed by atoms with Gasteiger partial charge in [-0.2, -0.15) is 0 Å². The SMILES string of the molecule is CCN(CC)C1CCC(Nc2ncnc3sc4c(c23)CCC4)CC1.NC1CCC(Nc2ncnc3sc4c(c23)CCC4)CC1. The molecule has 0 saturated heterocycles. The van der Waals surface area contributed by atoms with Crippen molar-refractivity contribution in [1.29, 1.82) is 0 Å². The Hall–Kier alpha value is -2.40. The highest BCUT2D eigenvalue weighted by Crippen LogP contribution is 2.41. The Kier molecular flexibility index (Phi) is 9.31. The van der Waals surface area contributed by atoms with E-state index in [-0.39, 0.29) is 0 Å². The smallest absolute Gasteiger partial charge is 0.138 e. The molecule has 0 atom stereocenters. The van der Waals surface area contributed by atoms with Crippen molar-refractivity contribution >= 4 is 54.7 Å². The first kappa shape index (κ1) is 30.3. The summed E-state index contributed by atoms with van der Waals surface area (Å²) in [6.45, 7) is 6.91. The third-order valence-electron chi connectivity index (χ3n) is 10.5. The Labute approximate surface area is 269 Å². The van der Waals surface area contributed by atoms with Gasteiger partial charge in [0.25, 0.3) is 0 Å². The van der Waals surface area contributed by atoms with Crippen LogP contribution in [0, 0.1) is 0 Å². The van der Waals surface area contributed by atoms with Gasteiger partial charge in [-0.1, -0.05) is 13.8 Å². The molecule has 4 N–H and O–H groups in total. The number of thiophene rings is 2. The van der Waals surface area contributed by atoms with Gasteiger partial charge in [-0.15, -0.1) is 22.7 Å². The summed E-state index contributed by atoms with van der Waals surface area (Å²) in [7, 11) is 0. The lowest BCUT2D eigenvalue weighted by Crippen LogP contribution is -2.40. The Morgan fingerprint density at radius 2 is 1.16 bits per heavy atom. The van der Waals surface area contributed by atoms with Gasteiger partial charge in [-0.3, -0.25) is 0 Å². The lowest BCUT2D eigenvalue weighted by Gasteiger charge is -2.36. The van der Waals surface area contributed by atoms with Crippen molar-refractivity contribution in [3.8, 4) is 0 Å². The molecule has 0 aromatic carbocycles. The van der Waals surface area contributed by atoms with Crippen molar-refractivity contribution in [2.75, 3.05) is 23.7 Å². The Bertz CT molecular complexity index is 1560. The largest absolute Gasteiger partial charge is 0.367 e. The third kappa shape index (κ3) is 6.19. The zero-order valence-corrected chi connectivity index (χ0v) is 28.0. The molecule has 2 saturated carbocycles. The minimum Gasteiger partial charge on any atom is -0.367 e. The monoisotopic (exact) mass is 632 g/mol. The van der Waals surface area contributed by atoms with E-state index in [1.165, 1.54) is 109 Å². The number of nitrogens with two attached hydrogens (primary N) is 1. The second kappa shape index (κ2) is 13.5. The van der Waals surface area contributed by atoms with E-state index in [1.54, 1.807) is 17.5 Å². The summed E-state index contributed by atoms with van der Waals surface area (Å²) < 4.78 is 0. The van der Waals surface area contributed by atoms with E-state index < -0.39 is 0 Å². The van der Waals surface area contributed by atoms with Crippen LogP contribution in [0.5, 0.6) is 0 Å². The van der Waals surface area contributed by atoms with Crippen LogP contribution in [-0.2, 0) is 25.7 Å². The van der Waals surface area contributed by atoms with E-state index in [4.69, 9.17) is 5.73 Å². The zero-order chi connectivity index (χ0) is 30.0. The van der Waals surface area contributed by atoms with Crippen molar-refractivity contribution in [1.82, 2.24) is 24.8 Å². The van der Waals surface area contributed by atoms with E-state index in [2.05, 4.69) is 49.3 Å². The molecule has 44 heavy (non-hydrogen) atoms. The van der Waals surface area contributed by atoms with Gasteiger partial charge >= 0.3 is 0 Å². The second-order valence-corrected chi connectivity index (χ2v) is 15.3. The summed E-state index contributed by atoms with van der Waals surface area (Å²) >= 11 is 3.73. The molecule has 4 aromatic heterocycles. The standard InChI is InChI=1S/C19H28N4S.C15H20N4S/c1-3-23(4-2)14-10-8-13(9-11-14)22-18-17-15-6-5-7-16(15)24-19(17)21-12-20-18;16-9-4-6-10(7-5-9)19-14-13-11-2-1-3-12(11)20-15(13)18-8-17-14/h12-14H,3-11H2,1-2H3,(H,20,21,22);8-10H,1-7,16H2,(H,17,18,19). The molecule has 0 unspecified atom stereocenters. The predicted molar refractivity (Wildman–Crippen MR) is 185 cm³/mol. The summed E-state index contributed by atoms with van der Waals surface area (Å²) in [5.41, 5.74) is 9.01. The molecule has 0 aliphatic heterocycles. The van der Waals surface area contributed by atoms with Crippen molar-refractivity contribution < 1.29 is 0 Å². The number of nitrogens with zero attached hydrogens (tertiary/aromatic N) is 5. The third-order valence-corrected chi connectivity index (χ3v) is 12.9. The molecule has 4 heterocycles. The minimum absolute atomic E-state index is 0.392. The molecule has 4 aliphatic rings. The summed E-state index contributed by atoms with van der Waals surface area (Å²) in [6.07, 6.45) is 20.5. The van der Waals surface area contributed by atoms with E-state index >= 15 is 0 Å². The number of fused-ring (bicyclic) bond motifs is 6. The van der Waals surface area contributed by atoms with Gasteiger partial charge in [0.2, 0.25) is 0 Å². The number of anilines is 2. The van der Waals surface area contributed by atoms with Crippen LogP contribution in [0.2, 0.25) is 0 Å². The van der Waals surface area contributed by atoms with Gasteiger partial charge in [0.05, 0.1) is 10.8 Å². The summed E-state index contributed by atoms with van der Waals surface area (Å²) in [5, 5.41) is 10.0. The van der Waals surface area contributed by atoms with Gasteiger partial charge in [0.15, 0.2) is 0 Å². The number of aryl methyl sites for hydroxylation is 4. The van der Waals surface area contributed by atoms with E-state index in [0.717, 1.165) is 48.2 Å². The number of hydrogen-bond donors (Lipinski definition) is 3. The van der Waals surface area contributed by atoms with Crippen molar-refractivity contribution in [3.63, 3.8) is 0 Å². The number of nitrogens with one attached hydrogen (secondary N) is 2. The highest BCUT2D eigenvalue weighted by atomic mass is 32.1. The Balaban J connectivity index is 0.000000144. The fraction of sp³-hybridized carbons (Fsp3) is 0.647. The number of hydrogen-bond acceptors (Lipinski definition) is 10. The molecule has 8 rings (SSSR count). The van der Waals surface area contributed by atoms with Crippen LogP contribution < -0.4 is 16.4 Å². The molecule has 0 radical (unpaired) electrons. The molecular formula is C34H48N8S2. The molecule has 4 aromatic rings. The summed E-state index contributed by atoms with van der Waals surface area (Å²) in [6, 6.07) is 2.24. The maximum atomic E-state index is 5.99. The van der Waals surface area contributed by atoms with Gasteiger partial charge in [-0.25, -0.2) is 19.9 Å². The van der Waals surface area contributed by atoms with Gasteiger partial charge in [-0.05, 0) is 114 Å². The normalized spacial score (nSPS) is 24.7. The molecular weight excluding hydrogens is 585 g/mol. The average Bonchev–Trinajstić information content (AvgIpc) is 3.82. The van der Waals surface area contributed by atoms with Gasteiger partial charge in [0, 0.05) is 33.9 Å². The molecule has 0 amide bonds. The summed E-state index contributed by atoms with van der Waals surface area (Å²) in [5.74, 6) is 2.14. The maximum Gasteiger partial charge on any atom is 0.138 e. The fourth-order valence-corrected chi connectivity index (χ4v) is 10.5. The van der Waals surface area contributed by atoms with Gasteiger partial charge < -0.3 is 21.3 Å². The quantitative estimate of drug-likeness (QED) is 0.198. The minimum atomic E-state index is 0.392. The fourth-order valence-electron chi connectivity index (χ4n) is 8.05. The lowest BCUT2D eigenvalue weighted by molar-refractivity contribution is 0.167. The molecule has 2 fully saturated rings. The highest BCUT2D eigenvalue weighted by Gasteiger charge is 2.27. The van der Waals surface area contributed by atoms with Crippen LogP contribution in [0.25, 0.3) is 20.4 Å². The van der Waals surface area contributed by atoms with Crippen LogP contribution in [0.15, 0.2) is 12.7 Å². The second-order valence-electron chi connectivity index (χ2n) is 13.1. The van der Waals surface area contributed by atoms with E-state index in [1.807, 2.05) is 22.7 Å². The van der Waals surface area contributed by atoms with Crippen molar-refractivity contribution in [3.05, 3.63) is 33.5 Å². The molecule has 236 valence electrons. The summed E-state index contributed by atoms with van der Waals surface area (Å²) in [4.78, 5) is 26.1. The van der Waals surface area contributed by atoms with Crippen LogP contribution in [0.1, 0.15) is 98.9 Å². The topological polar surface area (TPSA) is 105 Å². The molecule has 10 heteroatoms. The Morgan fingerprint density at radius 1 is 0.682 bits per heavy atom. The predicted octanol–water partition coefficient (Wildman–Crippen LogP) is 7.11. The van der Waals surface area contributed by atoms with Gasteiger partial charge in [0.1, 0.15) is 34.0 Å². The Morgan fingerprint density at radius 3 is 1.64 bits per heavy atom. The van der Waals surface area contributed by atoms with Crippen LogP contribution in [0.3, 0.4) is 0 Å². The maximum absolute atomic E-state index is 5.99. The first-order chi connectivity index (χ1) is 21.6. The van der Waals surface area contributed by atoms with Crippen LogP contribution in [0.4, 0.5) is 11.6 Å². The molecule has 0 bridgehead atoms. The first-order valence-corrected chi connectivity index (χ1v) is 18.8. The van der Waals surface area contributed by atoms with Crippen LogP contribution >= 0.6 is 22.7 Å². The van der Waals surface area contributed by atoms with Crippen LogP contribution in [-0.4, -0.2) is 62.1 Å².